The first-order valence-electron chi connectivity index (χ1n) is 8.94. The number of nitrogens with one attached hydrogen (secondary N) is 1. The Morgan fingerprint density at radius 2 is 1.56 bits per heavy atom. The lowest BCUT2D eigenvalue weighted by molar-refractivity contribution is 0.102. The summed E-state index contributed by atoms with van der Waals surface area (Å²) in [6.07, 6.45) is 0.902. The van der Waals surface area contributed by atoms with Crippen molar-refractivity contribution in [2.24, 2.45) is 0 Å². The molecule has 0 aliphatic heterocycles. The van der Waals surface area contributed by atoms with Crippen LogP contribution in [-0.4, -0.2) is 22.5 Å². The predicted octanol–water partition coefficient (Wildman–Crippen LogP) is 4.82. The largest absolute Gasteiger partial charge is 0.491 e. The molecule has 0 aliphatic rings. The summed E-state index contributed by atoms with van der Waals surface area (Å²) in [5.74, 6) is 0.457. The van der Waals surface area contributed by atoms with Gasteiger partial charge in [0.15, 0.2) is 0 Å². The van der Waals surface area contributed by atoms with Crippen LogP contribution in [0.25, 0.3) is 22.1 Å². The number of hydrogen-bond donors (Lipinski definition) is 1. The molecular weight excluding hydrogens is 338 g/mol. The maximum absolute atomic E-state index is 12.7. The number of hydrogen-bond acceptors (Lipinski definition) is 4. The third-order valence-electron chi connectivity index (χ3n) is 4.20. The van der Waals surface area contributed by atoms with E-state index in [0.29, 0.717) is 29.1 Å². The van der Waals surface area contributed by atoms with E-state index in [1.54, 1.807) is 12.1 Å². The highest BCUT2D eigenvalue weighted by atomic mass is 16.5. The van der Waals surface area contributed by atoms with Crippen molar-refractivity contribution in [1.29, 1.82) is 0 Å². The number of nitrogens with zero attached hydrogens (tertiary/aromatic N) is 2. The van der Waals surface area contributed by atoms with E-state index in [1.807, 2.05) is 61.5 Å². The highest BCUT2D eigenvalue weighted by molar-refractivity contribution is 6.06. The molecule has 134 valence electrons. The summed E-state index contributed by atoms with van der Waals surface area (Å²) in [6, 6.07) is 20.5. The second-order valence-electron chi connectivity index (χ2n) is 6.21. The van der Waals surface area contributed by atoms with Crippen molar-refractivity contribution < 1.29 is 9.53 Å². The van der Waals surface area contributed by atoms with Crippen LogP contribution < -0.4 is 10.1 Å². The topological polar surface area (TPSA) is 64.1 Å². The molecule has 0 aliphatic carbocycles. The van der Waals surface area contributed by atoms with Crippen molar-refractivity contribution in [3.05, 3.63) is 72.3 Å². The van der Waals surface area contributed by atoms with E-state index in [0.717, 1.165) is 23.0 Å². The third-order valence-corrected chi connectivity index (χ3v) is 4.20. The lowest BCUT2D eigenvalue weighted by Crippen LogP contribution is -2.13. The van der Waals surface area contributed by atoms with Crippen LogP contribution in [0.3, 0.4) is 0 Å². The average molecular weight is 357 g/mol. The molecule has 4 rings (SSSR count). The first kappa shape index (κ1) is 17.0. The Balaban J connectivity index is 1.64. The number of para-hydroxylation sites is 4. The minimum atomic E-state index is -0.209. The van der Waals surface area contributed by atoms with Gasteiger partial charge in [0.25, 0.3) is 5.91 Å². The number of anilines is 1. The van der Waals surface area contributed by atoms with E-state index < -0.39 is 0 Å². The third kappa shape index (κ3) is 3.58. The van der Waals surface area contributed by atoms with Gasteiger partial charge in [0.1, 0.15) is 5.75 Å². The number of benzene rings is 3. The zero-order valence-corrected chi connectivity index (χ0v) is 15.0. The summed E-state index contributed by atoms with van der Waals surface area (Å²) in [4.78, 5) is 21.9. The Morgan fingerprint density at radius 3 is 2.33 bits per heavy atom. The van der Waals surface area contributed by atoms with Gasteiger partial charge in [0, 0.05) is 5.56 Å². The van der Waals surface area contributed by atoms with Gasteiger partial charge in [0.05, 0.1) is 34.4 Å². The van der Waals surface area contributed by atoms with E-state index in [1.165, 1.54) is 0 Å². The van der Waals surface area contributed by atoms with E-state index in [4.69, 9.17) is 4.74 Å². The normalized spacial score (nSPS) is 10.9. The van der Waals surface area contributed by atoms with Gasteiger partial charge in [-0.3, -0.25) is 4.79 Å². The summed E-state index contributed by atoms with van der Waals surface area (Å²) in [7, 11) is 0. The number of carbonyl (C=O) groups excluding carboxylic acids is 1. The Bertz CT molecular complexity index is 1120. The van der Waals surface area contributed by atoms with Gasteiger partial charge in [-0.05, 0) is 48.9 Å². The second kappa shape index (κ2) is 7.41. The Labute approximate surface area is 157 Å². The van der Waals surface area contributed by atoms with Gasteiger partial charge in [0.2, 0.25) is 0 Å². The van der Waals surface area contributed by atoms with Gasteiger partial charge in [-0.15, -0.1) is 0 Å². The Kier molecular flexibility index (Phi) is 4.66. The molecule has 1 N–H and O–H groups in total. The van der Waals surface area contributed by atoms with Gasteiger partial charge in [-0.25, -0.2) is 9.97 Å². The first-order valence-corrected chi connectivity index (χ1v) is 8.94. The fourth-order valence-corrected chi connectivity index (χ4v) is 2.86. The van der Waals surface area contributed by atoms with E-state index in [-0.39, 0.29) is 5.91 Å². The van der Waals surface area contributed by atoms with Gasteiger partial charge >= 0.3 is 0 Å². The van der Waals surface area contributed by atoms with Crippen LogP contribution in [0.4, 0.5) is 5.69 Å². The molecule has 5 heteroatoms. The summed E-state index contributed by atoms with van der Waals surface area (Å²) >= 11 is 0. The van der Waals surface area contributed by atoms with Crippen molar-refractivity contribution in [2.75, 3.05) is 11.9 Å². The molecule has 0 saturated heterocycles. The fourth-order valence-electron chi connectivity index (χ4n) is 2.86. The molecule has 4 aromatic rings. The quantitative estimate of drug-likeness (QED) is 0.520. The standard InChI is InChI=1S/C22H19N3O2/c1-2-13-27-21-10-6-5-9-19(21)25-22(26)15-11-12-18-20(14-15)24-17-8-4-3-7-16(17)23-18/h3-12,14H,2,13H2,1H3,(H,25,26). The minimum Gasteiger partial charge on any atom is -0.491 e. The van der Waals surface area contributed by atoms with Crippen LogP contribution in [0, 0.1) is 0 Å². The summed E-state index contributed by atoms with van der Waals surface area (Å²) in [5, 5.41) is 2.93. The zero-order chi connectivity index (χ0) is 18.6. The van der Waals surface area contributed by atoms with Gasteiger partial charge < -0.3 is 10.1 Å². The monoisotopic (exact) mass is 357 g/mol. The molecule has 0 radical (unpaired) electrons. The summed E-state index contributed by atoms with van der Waals surface area (Å²) in [5.41, 5.74) is 4.27. The van der Waals surface area contributed by atoms with Crippen molar-refractivity contribution in [1.82, 2.24) is 9.97 Å². The van der Waals surface area contributed by atoms with Gasteiger partial charge in [-0.2, -0.15) is 0 Å². The molecule has 0 bridgehead atoms. The van der Waals surface area contributed by atoms with E-state index >= 15 is 0 Å². The Hall–Kier alpha value is -3.47. The molecule has 1 heterocycles. The van der Waals surface area contributed by atoms with Crippen molar-refractivity contribution in [3.8, 4) is 5.75 Å². The van der Waals surface area contributed by atoms with Crippen molar-refractivity contribution >= 4 is 33.7 Å². The van der Waals surface area contributed by atoms with Crippen molar-refractivity contribution in [3.63, 3.8) is 0 Å². The predicted molar refractivity (Wildman–Crippen MR) is 107 cm³/mol. The lowest BCUT2D eigenvalue weighted by Gasteiger charge is -2.12. The minimum absolute atomic E-state index is 0.209. The number of fused-ring (bicyclic) bond motifs is 2. The molecule has 0 unspecified atom stereocenters. The molecule has 0 saturated carbocycles. The molecule has 0 atom stereocenters. The molecule has 0 fully saturated rings. The molecule has 0 spiro atoms. The van der Waals surface area contributed by atoms with Crippen LogP contribution in [-0.2, 0) is 0 Å². The molecule has 1 aromatic heterocycles. The highest BCUT2D eigenvalue weighted by Crippen LogP contribution is 2.25. The van der Waals surface area contributed by atoms with Gasteiger partial charge in [-0.1, -0.05) is 31.2 Å². The molecule has 5 nitrogen and oxygen atoms in total. The number of carbonyl (C=O) groups is 1. The van der Waals surface area contributed by atoms with Crippen LogP contribution in [0.2, 0.25) is 0 Å². The number of ether oxygens (including phenoxy) is 1. The van der Waals surface area contributed by atoms with Crippen LogP contribution in [0.15, 0.2) is 66.7 Å². The number of amides is 1. The average Bonchev–Trinajstić information content (AvgIpc) is 2.71. The maximum atomic E-state index is 12.7. The summed E-state index contributed by atoms with van der Waals surface area (Å²) < 4.78 is 5.70. The lowest BCUT2D eigenvalue weighted by atomic mass is 10.1. The van der Waals surface area contributed by atoms with E-state index in [2.05, 4.69) is 15.3 Å². The summed E-state index contributed by atoms with van der Waals surface area (Å²) in [6.45, 7) is 2.65. The molecular formula is C22H19N3O2. The number of aromatic nitrogens is 2. The fraction of sp³-hybridized carbons (Fsp3) is 0.136. The molecule has 1 amide bonds. The molecule has 3 aromatic carbocycles. The van der Waals surface area contributed by atoms with E-state index in [9.17, 15) is 4.79 Å². The van der Waals surface area contributed by atoms with Crippen molar-refractivity contribution in [2.45, 2.75) is 13.3 Å². The maximum Gasteiger partial charge on any atom is 0.255 e. The SMILES string of the molecule is CCCOc1ccccc1NC(=O)c1ccc2nc3ccccc3nc2c1. The second-order valence-corrected chi connectivity index (χ2v) is 6.21. The first-order chi connectivity index (χ1) is 13.2. The van der Waals surface area contributed by atoms with Crippen LogP contribution >= 0.6 is 0 Å². The van der Waals surface area contributed by atoms with Crippen LogP contribution in [0.1, 0.15) is 23.7 Å². The Morgan fingerprint density at radius 1 is 0.889 bits per heavy atom. The smallest absolute Gasteiger partial charge is 0.255 e. The highest BCUT2D eigenvalue weighted by Gasteiger charge is 2.11. The van der Waals surface area contributed by atoms with Crippen LogP contribution in [0.5, 0.6) is 5.75 Å². The number of rotatable bonds is 5. The zero-order valence-electron chi connectivity index (χ0n) is 15.0. The molecule has 27 heavy (non-hydrogen) atoms.